The lowest BCUT2D eigenvalue weighted by atomic mass is 10.2. The molecule has 3 rings (SSSR count). The Morgan fingerprint density at radius 1 is 1.22 bits per heavy atom. The number of benzene rings is 2. The summed E-state index contributed by atoms with van der Waals surface area (Å²) >= 11 is 5.80. The van der Waals surface area contributed by atoms with Crippen molar-refractivity contribution in [2.75, 3.05) is 16.8 Å². The maximum absolute atomic E-state index is 13.7. The lowest BCUT2D eigenvalue weighted by Gasteiger charge is -2.16. The van der Waals surface area contributed by atoms with Crippen LogP contribution in [0.5, 0.6) is 0 Å². The molecule has 1 N–H and O–H groups in total. The highest BCUT2D eigenvalue weighted by Crippen LogP contribution is 2.25. The lowest BCUT2D eigenvalue weighted by Crippen LogP contribution is -2.23. The fourth-order valence-corrected chi connectivity index (χ4v) is 2.71. The minimum absolute atomic E-state index is 0.0642. The van der Waals surface area contributed by atoms with Gasteiger partial charge in [-0.1, -0.05) is 17.7 Å². The molecule has 2 amide bonds. The van der Waals surface area contributed by atoms with Crippen molar-refractivity contribution in [2.45, 2.75) is 12.8 Å². The average molecular weight is 333 g/mol. The minimum Gasteiger partial charge on any atom is -0.322 e. The van der Waals surface area contributed by atoms with Gasteiger partial charge in [0, 0.05) is 29.4 Å². The number of amides is 2. The molecule has 1 aliphatic rings. The van der Waals surface area contributed by atoms with E-state index in [1.54, 1.807) is 29.2 Å². The molecule has 1 aliphatic heterocycles. The molecular formula is C17H14ClFN2O2. The number of hydrogen-bond acceptors (Lipinski definition) is 2. The van der Waals surface area contributed by atoms with Crippen LogP contribution in [0.25, 0.3) is 0 Å². The van der Waals surface area contributed by atoms with E-state index in [0.29, 0.717) is 18.7 Å². The molecule has 0 unspecified atom stereocenters. The van der Waals surface area contributed by atoms with Crippen LogP contribution in [0.3, 0.4) is 0 Å². The van der Waals surface area contributed by atoms with Crippen LogP contribution in [0.1, 0.15) is 23.2 Å². The van der Waals surface area contributed by atoms with Crippen LogP contribution >= 0.6 is 11.6 Å². The maximum atomic E-state index is 13.7. The molecule has 4 nitrogen and oxygen atoms in total. The fourth-order valence-electron chi connectivity index (χ4n) is 2.54. The minimum atomic E-state index is -0.641. The summed E-state index contributed by atoms with van der Waals surface area (Å²) in [5, 5.41) is 2.91. The van der Waals surface area contributed by atoms with Gasteiger partial charge in [0.25, 0.3) is 5.91 Å². The summed E-state index contributed by atoms with van der Waals surface area (Å²) in [4.78, 5) is 25.7. The zero-order valence-electron chi connectivity index (χ0n) is 12.2. The summed E-state index contributed by atoms with van der Waals surface area (Å²) in [7, 11) is 0. The smallest absolute Gasteiger partial charge is 0.258 e. The lowest BCUT2D eigenvalue weighted by molar-refractivity contribution is -0.117. The highest BCUT2D eigenvalue weighted by Gasteiger charge is 2.22. The Morgan fingerprint density at radius 2 is 2.04 bits per heavy atom. The van der Waals surface area contributed by atoms with E-state index >= 15 is 0 Å². The summed E-state index contributed by atoms with van der Waals surface area (Å²) < 4.78 is 13.7. The van der Waals surface area contributed by atoms with Crippen molar-refractivity contribution in [2.24, 2.45) is 0 Å². The first-order chi connectivity index (χ1) is 11.0. The normalized spacial score (nSPS) is 14.2. The molecule has 1 saturated heterocycles. The van der Waals surface area contributed by atoms with E-state index in [1.165, 1.54) is 12.1 Å². The first-order valence-corrected chi connectivity index (χ1v) is 7.59. The molecule has 0 saturated carbocycles. The first-order valence-electron chi connectivity index (χ1n) is 7.21. The van der Waals surface area contributed by atoms with Gasteiger partial charge in [0.2, 0.25) is 5.91 Å². The number of rotatable bonds is 3. The Morgan fingerprint density at radius 3 is 2.78 bits per heavy atom. The summed E-state index contributed by atoms with van der Waals surface area (Å²) in [5.74, 6) is -1.16. The third-order valence-corrected chi connectivity index (χ3v) is 3.90. The van der Waals surface area contributed by atoms with Crippen molar-refractivity contribution >= 4 is 34.8 Å². The van der Waals surface area contributed by atoms with Gasteiger partial charge in [-0.2, -0.15) is 0 Å². The molecule has 0 bridgehead atoms. The Labute approximate surface area is 137 Å². The number of halogens is 2. The summed E-state index contributed by atoms with van der Waals surface area (Å²) in [5.41, 5.74) is 1.09. The van der Waals surface area contributed by atoms with Crippen molar-refractivity contribution in [1.29, 1.82) is 0 Å². The zero-order valence-corrected chi connectivity index (χ0v) is 12.9. The molecular weight excluding hydrogens is 319 g/mol. The Balaban J connectivity index is 1.81. The maximum Gasteiger partial charge on any atom is 0.258 e. The molecule has 1 fully saturated rings. The van der Waals surface area contributed by atoms with Crippen LogP contribution in [0.2, 0.25) is 5.02 Å². The number of carbonyl (C=O) groups excluding carboxylic acids is 2. The second kappa shape index (κ2) is 6.38. The van der Waals surface area contributed by atoms with Gasteiger partial charge in [-0.05, 0) is 42.8 Å². The molecule has 0 atom stereocenters. The SMILES string of the molecule is O=C(Nc1cccc(N2CCCC2=O)c1)c1cc(Cl)ccc1F. The number of nitrogens with one attached hydrogen (secondary N) is 1. The Hall–Kier alpha value is -2.40. The van der Waals surface area contributed by atoms with Crippen molar-refractivity contribution in [1.82, 2.24) is 0 Å². The Bertz CT molecular complexity index is 779. The molecule has 6 heteroatoms. The van der Waals surface area contributed by atoms with Crippen molar-refractivity contribution in [3.05, 3.63) is 58.9 Å². The number of anilines is 2. The summed E-state index contributed by atoms with van der Waals surface area (Å²) in [6.45, 7) is 0.666. The van der Waals surface area contributed by atoms with E-state index in [2.05, 4.69) is 5.32 Å². The molecule has 0 aromatic heterocycles. The number of carbonyl (C=O) groups is 2. The largest absolute Gasteiger partial charge is 0.322 e. The molecule has 118 valence electrons. The van der Waals surface area contributed by atoms with Gasteiger partial charge >= 0.3 is 0 Å². The summed E-state index contributed by atoms with van der Waals surface area (Å²) in [6.07, 6.45) is 1.35. The van der Waals surface area contributed by atoms with Crippen molar-refractivity contribution < 1.29 is 14.0 Å². The van der Waals surface area contributed by atoms with Crippen molar-refractivity contribution in [3.8, 4) is 0 Å². The van der Waals surface area contributed by atoms with E-state index in [4.69, 9.17) is 11.6 Å². The van der Waals surface area contributed by atoms with Crippen molar-refractivity contribution in [3.63, 3.8) is 0 Å². The number of nitrogens with zero attached hydrogens (tertiary/aromatic N) is 1. The monoisotopic (exact) mass is 332 g/mol. The quantitative estimate of drug-likeness (QED) is 0.928. The van der Waals surface area contributed by atoms with Gasteiger partial charge in [0.15, 0.2) is 0 Å². The van der Waals surface area contributed by atoms with E-state index < -0.39 is 11.7 Å². The van der Waals surface area contributed by atoms with Gasteiger partial charge in [0.05, 0.1) is 5.56 Å². The molecule has 1 heterocycles. The van der Waals surface area contributed by atoms with Crippen LogP contribution in [-0.2, 0) is 4.79 Å². The third kappa shape index (κ3) is 3.35. The molecule has 2 aromatic rings. The van der Waals surface area contributed by atoms with Gasteiger partial charge in [0.1, 0.15) is 5.82 Å². The van der Waals surface area contributed by atoms with E-state index in [1.807, 2.05) is 0 Å². The van der Waals surface area contributed by atoms with Crippen LogP contribution in [-0.4, -0.2) is 18.4 Å². The average Bonchev–Trinajstić information content (AvgIpc) is 2.96. The standard InChI is InChI=1S/C17H14ClFN2O2/c18-11-6-7-15(19)14(9-11)17(23)20-12-3-1-4-13(10-12)21-8-2-5-16(21)22/h1,3-4,6-7,9-10H,2,5,8H2,(H,20,23). The first kappa shape index (κ1) is 15.5. The molecule has 2 aromatic carbocycles. The predicted octanol–water partition coefficient (Wildman–Crippen LogP) is 3.86. The summed E-state index contributed by atoms with van der Waals surface area (Å²) in [6, 6.07) is 10.7. The molecule has 0 aliphatic carbocycles. The highest BCUT2D eigenvalue weighted by atomic mass is 35.5. The molecule has 23 heavy (non-hydrogen) atoms. The second-order valence-electron chi connectivity index (χ2n) is 5.28. The molecule has 0 radical (unpaired) electrons. The zero-order chi connectivity index (χ0) is 16.4. The van der Waals surface area contributed by atoms with E-state index in [-0.39, 0.29) is 16.5 Å². The van der Waals surface area contributed by atoms with Gasteiger partial charge in [-0.3, -0.25) is 9.59 Å². The van der Waals surface area contributed by atoms with Gasteiger partial charge in [-0.25, -0.2) is 4.39 Å². The third-order valence-electron chi connectivity index (χ3n) is 3.66. The van der Waals surface area contributed by atoms with Gasteiger partial charge < -0.3 is 10.2 Å². The van der Waals surface area contributed by atoms with Crippen LogP contribution in [0.15, 0.2) is 42.5 Å². The predicted molar refractivity (Wildman–Crippen MR) is 87.4 cm³/mol. The second-order valence-corrected chi connectivity index (χ2v) is 5.71. The van der Waals surface area contributed by atoms with E-state index in [9.17, 15) is 14.0 Å². The molecule has 0 spiro atoms. The van der Waals surface area contributed by atoms with Gasteiger partial charge in [-0.15, -0.1) is 0 Å². The topological polar surface area (TPSA) is 49.4 Å². The number of hydrogen-bond donors (Lipinski definition) is 1. The van der Waals surface area contributed by atoms with Crippen LogP contribution in [0.4, 0.5) is 15.8 Å². The van der Waals surface area contributed by atoms with Crippen LogP contribution < -0.4 is 10.2 Å². The Kier molecular flexibility index (Phi) is 4.30. The van der Waals surface area contributed by atoms with Crippen LogP contribution in [0, 0.1) is 5.82 Å². The van der Waals surface area contributed by atoms with E-state index in [0.717, 1.165) is 18.2 Å². The fraction of sp³-hybridized carbons (Fsp3) is 0.176. The highest BCUT2D eigenvalue weighted by molar-refractivity contribution is 6.31.